The molecule has 0 aliphatic heterocycles. The Labute approximate surface area is 180 Å². The van der Waals surface area contributed by atoms with Crippen molar-refractivity contribution in [2.45, 2.75) is 46.2 Å². The summed E-state index contributed by atoms with van der Waals surface area (Å²) in [4.78, 5) is 15.2. The van der Waals surface area contributed by atoms with Gasteiger partial charge in [-0.25, -0.2) is 0 Å². The van der Waals surface area contributed by atoms with Gasteiger partial charge in [-0.2, -0.15) is 0 Å². The highest BCUT2D eigenvalue weighted by atomic mass is 16.5. The molecule has 3 aromatic rings. The van der Waals surface area contributed by atoms with Crippen LogP contribution in [0.2, 0.25) is 0 Å². The van der Waals surface area contributed by atoms with Crippen LogP contribution in [0.5, 0.6) is 5.75 Å². The molecule has 0 unspecified atom stereocenters. The maximum atomic E-state index is 13.2. The normalized spacial score (nSPS) is 10.8. The number of rotatable bonds is 10. The van der Waals surface area contributed by atoms with E-state index >= 15 is 0 Å². The summed E-state index contributed by atoms with van der Waals surface area (Å²) in [6.45, 7) is 6.39. The number of ether oxygens (including phenoxy) is 1. The number of benzene rings is 2. The van der Waals surface area contributed by atoms with E-state index in [1.165, 1.54) is 11.1 Å². The summed E-state index contributed by atoms with van der Waals surface area (Å²) >= 11 is 0. The monoisotopic (exact) mass is 404 g/mol. The standard InChI is InChI=1S/C26H32N2O2/c1-4-6-16-28(26(29)23-14-12-21(5-2)13-15-23)20-24-10-8-17-27(24)19-22-9-7-11-25(18-22)30-3/h7-15,17-18H,4-6,16,19-20H2,1-3H3. The first-order chi connectivity index (χ1) is 14.6. The number of unbranched alkanes of at least 4 members (excludes halogenated alkanes) is 1. The molecule has 0 bridgehead atoms. The van der Waals surface area contributed by atoms with Crippen LogP contribution in [0.1, 0.15) is 53.9 Å². The molecular formula is C26H32N2O2. The molecule has 1 heterocycles. The number of aryl methyl sites for hydroxylation is 1. The largest absolute Gasteiger partial charge is 0.497 e. The first-order valence-corrected chi connectivity index (χ1v) is 10.8. The van der Waals surface area contributed by atoms with Crippen molar-refractivity contribution >= 4 is 5.91 Å². The lowest BCUT2D eigenvalue weighted by molar-refractivity contribution is 0.0737. The quantitative estimate of drug-likeness (QED) is 0.444. The highest BCUT2D eigenvalue weighted by Gasteiger charge is 2.17. The topological polar surface area (TPSA) is 34.5 Å². The van der Waals surface area contributed by atoms with E-state index in [1.807, 2.05) is 35.2 Å². The van der Waals surface area contributed by atoms with Gasteiger partial charge in [-0.1, -0.05) is 44.5 Å². The van der Waals surface area contributed by atoms with Crippen molar-refractivity contribution in [3.63, 3.8) is 0 Å². The second kappa shape index (κ2) is 10.7. The van der Waals surface area contributed by atoms with Crippen LogP contribution in [0, 0.1) is 0 Å². The maximum absolute atomic E-state index is 13.2. The van der Waals surface area contributed by atoms with Gasteiger partial charge in [0.2, 0.25) is 0 Å². The van der Waals surface area contributed by atoms with E-state index in [1.54, 1.807) is 7.11 Å². The molecule has 0 aliphatic carbocycles. The van der Waals surface area contributed by atoms with Gasteiger partial charge < -0.3 is 14.2 Å². The Hall–Kier alpha value is -3.01. The van der Waals surface area contributed by atoms with Gasteiger partial charge in [0, 0.05) is 30.5 Å². The first kappa shape index (κ1) is 21.7. The Morgan fingerprint density at radius 2 is 1.80 bits per heavy atom. The van der Waals surface area contributed by atoms with Gasteiger partial charge in [-0.15, -0.1) is 0 Å². The van der Waals surface area contributed by atoms with E-state index in [9.17, 15) is 4.79 Å². The molecule has 1 aromatic heterocycles. The summed E-state index contributed by atoms with van der Waals surface area (Å²) in [5.41, 5.74) is 4.31. The van der Waals surface area contributed by atoms with Crippen LogP contribution in [-0.2, 0) is 19.5 Å². The maximum Gasteiger partial charge on any atom is 0.254 e. The number of amides is 1. The van der Waals surface area contributed by atoms with E-state index < -0.39 is 0 Å². The Bertz CT molecular complexity index is 944. The summed E-state index contributed by atoms with van der Waals surface area (Å²) in [5, 5.41) is 0. The van der Waals surface area contributed by atoms with Crippen LogP contribution < -0.4 is 4.74 Å². The summed E-state index contributed by atoms with van der Waals surface area (Å²) < 4.78 is 7.56. The van der Waals surface area contributed by atoms with Gasteiger partial charge in [0.15, 0.2) is 0 Å². The Morgan fingerprint density at radius 1 is 1.00 bits per heavy atom. The molecule has 2 aromatic carbocycles. The molecule has 3 rings (SSSR count). The Balaban J connectivity index is 1.78. The van der Waals surface area contributed by atoms with Crippen molar-refractivity contribution < 1.29 is 9.53 Å². The SMILES string of the molecule is CCCCN(Cc1cccn1Cc1cccc(OC)c1)C(=O)c1ccc(CC)cc1. The summed E-state index contributed by atoms with van der Waals surface area (Å²) in [5.74, 6) is 0.955. The van der Waals surface area contributed by atoms with Crippen molar-refractivity contribution in [2.75, 3.05) is 13.7 Å². The van der Waals surface area contributed by atoms with Gasteiger partial charge in [0.25, 0.3) is 5.91 Å². The third kappa shape index (κ3) is 5.53. The number of hydrogen-bond acceptors (Lipinski definition) is 2. The third-order valence-corrected chi connectivity index (χ3v) is 5.44. The average Bonchev–Trinajstić information content (AvgIpc) is 3.22. The molecule has 0 spiro atoms. The molecule has 0 N–H and O–H groups in total. The van der Waals surface area contributed by atoms with E-state index in [0.29, 0.717) is 6.54 Å². The second-order valence-electron chi connectivity index (χ2n) is 7.61. The fourth-order valence-corrected chi connectivity index (χ4v) is 3.58. The van der Waals surface area contributed by atoms with Crippen LogP contribution >= 0.6 is 0 Å². The molecule has 158 valence electrons. The Morgan fingerprint density at radius 3 is 2.50 bits per heavy atom. The fraction of sp³-hybridized carbons (Fsp3) is 0.346. The summed E-state index contributed by atoms with van der Waals surface area (Å²) in [6.07, 6.45) is 5.11. The molecular weight excluding hydrogens is 372 g/mol. The van der Waals surface area contributed by atoms with Gasteiger partial charge >= 0.3 is 0 Å². The predicted molar refractivity (Wildman–Crippen MR) is 122 cm³/mol. The molecule has 0 radical (unpaired) electrons. The van der Waals surface area contributed by atoms with Crippen LogP contribution in [-0.4, -0.2) is 29.0 Å². The van der Waals surface area contributed by atoms with Gasteiger partial charge in [-0.3, -0.25) is 4.79 Å². The highest BCUT2D eigenvalue weighted by Crippen LogP contribution is 2.17. The lowest BCUT2D eigenvalue weighted by atomic mass is 10.1. The first-order valence-electron chi connectivity index (χ1n) is 10.8. The molecule has 0 fully saturated rings. The van der Waals surface area contributed by atoms with Crippen LogP contribution in [0.4, 0.5) is 0 Å². The summed E-state index contributed by atoms with van der Waals surface area (Å²) in [6, 6.07) is 20.3. The zero-order valence-corrected chi connectivity index (χ0v) is 18.3. The molecule has 30 heavy (non-hydrogen) atoms. The molecule has 0 saturated heterocycles. The van der Waals surface area contributed by atoms with Crippen molar-refractivity contribution in [1.82, 2.24) is 9.47 Å². The zero-order chi connectivity index (χ0) is 21.3. The lowest BCUT2D eigenvalue weighted by Gasteiger charge is -2.24. The predicted octanol–water partition coefficient (Wildman–Crippen LogP) is 5.55. The minimum atomic E-state index is 0.0974. The molecule has 4 heteroatoms. The Kier molecular flexibility index (Phi) is 7.72. The van der Waals surface area contributed by atoms with E-state index in [-0.39, 0.29) is 5.91 Å². The minimum Gasteiger partial charge on any atom is -0.497 e. The van der Waals surface area contributed by atoms with Crippen molar-refractivity contribution in [1.29, 1.82) is 0 Å². The molecule has 0 saturated carbocycles. The number of carbonyl (C=O) groups excluding carboxylic acids is 1. The number of carbonyl (C=O) groups is 1. The number of hydrogen-bond donors (Lipinski definition) is 0. The lowest BCUT2D eigenvalue weighted by Crippen LogP contribution is -2.32. The summed E-state index contributed by atoms with van der Waals surface area (Å²) in [7, 11) is 1.68. The number of nitrogens with zero attached hydrogens (tertiary/aromatic N) is 2. The smallest absolute Gasteiger partial charge is 0.254 e. The van der Waals surface area contributed by atoms with Crippen LogP contribution in [0.25, 0.3) is 0 Å². The molecule has 1 amide bonds. The minimum absolute atomic E-state index is 0.0974. The van der Waals surface area contributed by atoms with E-state index in [0.717, 1.165) is 49.4 Å². The molecule has 4 nitrogen and oxygen atoms in total. The van der Waals surface area contributed by atoms with E-state index in [4.69, 9.17) is 4.74 Å². The van der Waals surface area contributed by atoms with E-state index in [2.05, 4.69) is 54.9 Å². The third-order valence-electron chi connectivity index (χ3n) is 5.44. The van der Waals surface area contributed by atoms with Crippen molar-refractivity contribution in [3.8, 4) is 5.75 Å². The molecule has 0 atom stereocenters. The number of aromatic nitrogens is 1. The molecule has 0 aliphatic rings. The van der Waals surface area contributed by atoms with Crippen LogP contribution in [0.15, 0.2) is 66.9 Å². The second-order valence-corrected chi connectivity index (χ2v) is 7.61. The highest BCUT2D eigenvalue weighted by molar-refractivity contribution is 5.94. The van der Waals surface area contributed by atoms with Gasteiger partial charge in [-0.05, 0) is 60.4 Å². The number of methoxy groups -OCH3 is 1. The zero-order valence-electron chi connectivity index (χ0n) is 18.3. The fourth-order valence-electron chi connectivity index (χ4n) is 3.58. The average molecular weight is 405 g/mol. The van der Waals surface area contributed by atoms with Crippen LogP contribution in [0.3, 0.4) is 0 Å². The van der Waals surface area contributed by atoms with Crippen molar-refractivity contribution in [2.24, 2.45) is 0 Å². The van der Waals surface area contributed by atoms with Gasteiger partial charge in [0.05, 0.1) is 13.7 Å². The van der Waals surface area contributed by atoms with Crippen molar-refractivity contribution in [3.05, 3.63) is 89.2 Å². The van der Waals surface area contributed by atoms with Gasteiger partial charge in [0.1, 0.15) is 5.75 Å².